The van der Waals surface area contributed by atoms with Crippen molar-refractivity contribution in [2.24, 2.45) is 0 Å². The third-order valence-corrected chi connectivity index (χ3v) is 1.82. The molecule has 0 unspecified atom stereocenters. The Hall–Kier alpha value is -0.380. The second-order valence-corrected chi connectivity index (χ2v) is 2.48. The van der Waals surface area contributed by atoms with Gasteiger partial charge in [0, 0.05) is 27.8 Å². The molecule has 0 fully saturated rings. The molecule has 0 saturated carbocycles. The molecular weight excluding hydrogens is 156 g/mol. The first-order chi connectivity index (χ1) is 5.74. The van der Waals surface area contributed by atoms with Crippen molar-refractivity contribution in [3.63, 3.8) is 0 Å². The van der Waals surface area contributed by atoms with Crippen LogP contribution in [0.2, 0.25) is 0 Å². The van der Waals surface area contributed by atoms with E-state index in [4.69, 9.17) is 14.2 Å². The highest BCUT2D eigenvalue weighted by molar-refractivity contribution is 4.67. The van der Waals surface area contributed by atoms with Crippen molar-refractivity contribution in [1.82, 2.24) is 0 Å². The van der Waals surface area contributed by atoms with E-state index in [2.05, 4.69) is 6.58 Å². The summed E-state index contributed by atoms with van der Waals surface area (Å²) in [6.45, 7) is 3.64. The summed E-state index contributed by atoms with van der Waals surface area (Å²) in [5.41, 5.74) is 0. The summed E-state index contributed by atoms with van der Waals surface area (Å²) < 4.78 is 15.3. The topological polar surface area (TPSA) is 27.7 Å². The molecule has 72 valence electrons. The maximum atomic E-state index is 5.10. The Balaban J connectivity index is 3.84. The maximum absolute atomic E-state index is 5.10. The van der Waals surface area contributed by atoms with E-state index in [1.54, 1.807) is 21.3 Å². The lowest BCUT2D eigenvalue weighted by atomic mass is 10.2. The van der Waals surface area contributed by atoms with Gasteiger partial charge in [-0.2, -0.15) is 0 Å². The van der Waals surface area contributed by atoms with Crippen molar-refractivity contribution < 1.29 is 14.2 Å². The summed E-state index contributed by atoms with van der Waals surface area (Å²) in [5.74, 6) is -0.872. The van der Waals surface area contributed by atoms with Gasteiger partial charge in [0.25, 0.3) is 5.97 Å². The van der Waals surface area contributed by atoms with E-state index in [1.165, 1.54) is 0 Å². The molecule has 0 aromatic carbocycles. The number of hydrogen-bond acceptors (Lipinski definition) is 3. The molecule has 0 aliphatic rings. The van der Waals surface area contributed by atoms with Gasteiger partial charge in [-0.25, -0.2) is 0 Å². The molecular formula is C9H18O3. The van der Waals surface area contributed by atoms with Gasteiger partial charge in [-0.15, -0.1) is 6.58 Å². The fourth-order valence-corrected chi connectivity index (χ4v) is 1.02. The van der Waals surface area contributed by atoms with Gasteiger partial charge in [0.1, 0.15) is 0 Å². The molecule has 0 saturated heterocycles. The van der Waals surface area contributed by atoms with Crippen molar-refractivity contribution >= 4 is 0 Å². The number of allylic oxidation sites excluding steroid dienone is 1. The van der Waals surface area contributed by atoms with Crippen LogP contribution in [0, 0.1) is 0 Å². The van der Waals surface area contributed by atoms with E-state index in [0.717, 1.165) is 12.8 Å². The molecule has 0 atom stereocenters. The minimum absolute atomic E-state index is 0.711. The Kier molecular flexibility index (Phi) is 5.98. The van der Waals surface area contributed by atoms with E-state index in [9.17, 15) is 0 Å². The van der Waals surface area contributed by atoms with E-state index in [0.29, 0.717) is 6.42 Å². The third-order valence-electron chi connectivity index (χ3n) is 1.82. The molecule has 12 heavy (non-hydrogen) atoms. The zero-order valence-electron chi connectivity index (χ0n) is 8.13. The first-order valence-corrected chi connectivity index (χ1v) is 4.01. The van der Waals surface area contributed by atoms with Gasteiger partial charge in [-0.05, 0) is 12.8 Å². The predicted octanol–water partition coefficient (Wildman–Crippen LogP) is 1.94. The summed E-state index contributed by atoms with van der Waals surface area (Å²) in [5, 5.41) is 0. The summed E-state index contributed by atoms with van der Waals surface area (Å²) >= 11 is 0. The Bertz CT molecular complexity index is 111. The summed E-state index contributed by atoms with van der Waals surface area (Å²) in [7, 11) is 4.71. The second kappa shape index (κ2) is 6.17. The summed E-state index contributed by atoms with van der Waals surface area (Å²) in [4.78, 5) is 0. The highest BCUT2D eigenvalue weighted by Gasteiger charge is 2.28. The Morgan fingerprint density at radius 3 is 2.00 bits per heavy atom. The largest absolute Gasteiger partial charge is 0.331 e. The molecule has 0 N–H and O–H groups in total. The molecule has 0 aromatic heterocycles. The lowest BCUT2D eigenvalue weighted by Gasteiger charge is -2.28. The monoisotopic (exact) mass is 174 g/mol. The molecule has 3 heteroatoms. The van der Waals surface area contributed by atoms with Gasteiger partial charge in [-0.3, -0.25) is 0 Å². The van der Waals surface area contributed by atoms with E-state index < -0.39 is 5.97 Å². The van der Waals surface area contributed by atoms with Crippen molar-refractivity contribution in [1.29, 1.82) is 0 Å². The minimum atomic E-state index is -0.872. The molecule has 0 bridgehead atoms. The van der Waals surface area contributed by atoms with Gasteiger partial charge in [-0.1, -0.05) is 6.08 Å². The molecule has 0 heterocycles. The zero-order chi connectivity index (χ0) is 9.45. The van der Waals surface area contributed by atoms with Crippen molar-refractivity contribution in [3.05, 3.63) is 12.7 Å². The molecule has 0 aliphatic heterocycles. The van der Waals surface area contributed by atoms with Crippen LogP contribution in [0.15, 0.2) is 12.7 Å². The van der Waals surface area contributed by atoms with Crippen LogP contribution in [0.1, 0.15) is 19.3 Å². The lowest BCUT2D eigenvalue weighted by molar-refractivity contribution is -0.355. The number of unbranched alkanes of at least 4 members (excludes halogenated alkanes) is 1. The van der Waals surface area contributed by atoms with Crippen LogP contribution in [-0.2, 0) is 14.2 Å². The van der Waals surface area contributed by atoms with Crippen molar-refractivity contribution in [2.45, 2.75) is 25.2 Å². The number of hydrogen-bond donors (Lipinski definition) is 0. The van der Waals surface area contributed by atoms with E-state index in [1.807, 2.05) is 6.08 Å². The van der Waals surface area contributed by atoms with Gasteiger partial charge >= 0.3 is 0 Å². The van der Waals surface area contributed by atoms with Gasteiger partial charge < -0.3 is 14.2 Å². The Morgan fingerprint density at radius 1 is 1.17 bits per heavy atom. The van der Waals surface area contributed by atoms with E-state index in [-0.39, 0.29) is 0 Å². The normalized spacial score (nSPS) is 11.6. The smallest absolute Gasteiger partial charge is 0.282 e. The van der Waals surface area contributed by atoms with Crippen LogP contribution < -0.4 is 0 Å². The van der Waals surface area contributed by atoms with Gasteiger partial charge in [0.05, 0.1) is 0 Å². The van der Waals surface area contributed by atoms with Crippen LogP contribution >= 0.6 is 0 Å². The highest BCUT2D eigenvalue weighted by atomic mass is 16.9. The number of rotatable bonds is 7. The molecule has 0 radical (unpaired) electrons. The molecule has 0 amide bonds. The molecule has 0 aliphatic carbocycles. The molecule has 0 aromatic rings. The lowest BCUT2D eigenvalue weighted by Crippen LogP contribution is -2.35. The van der Waals surface area contributed by atoms with Crippen molar-refractivity contribution in [2.75, 3.05) is 21.3 Å². The predicted molar refractivity (Wildman–Crippen MR) is 47.8 cm³/mol. The van der Waals surface area contributed by atoms with E-state index >= 15 is 0 Å². The van der Waals surface area contributed by atoms with Crippen molar-refractivity contribution in [3.8, 4) is 0 Å². The Labute approximate surface area is 74.3 Å². The molecule has 0 rings (SSSR count). The fraction of sp³-hybridized carbons (Fsp3) is 0.778. The summed E-state index contributed by atoms with van der Waals surface area (Å²) in [6.07, 6.45) is 4.46. The SMILES string of the molecule is C=CCCCC(OC)(OC)OC. The third kappa shape index (κ3) is 3.34. The van der Waals surface area contributed by atoms with Crippen LogP contribution in [0.4, 0.5) is 0 Å². The summed E-state index contributed by atoms with van der Waals surface area (Å²) in [6, 6.07) is 0. The first kappa shape index (κ1) is 11.6. The minimum Gasteiger partial charge on any atom is -0.331 e. The fourth-order valence-electron chi connectivity index (χ4n) is 1.02. The standard InChI is InChI=1S/C9H18O3/c1-5-6-7-8-9(10-2,11-3)12-4/h5H,1,6-8H2,2-4H3. The van der Waals surface area contributed by atoms with Crippen LogP contribution in [0.3, 0.4) is 0 Å². The number of methoxy groups -OCH3 is 3. The zero-order valence-corrected chi connectivity index (χ0v) is 8.13. The van der Waals surface area contributed by atoms with Gasteiger partial charge in [0.2, 0.25) is 0 Å². The number of ether oxygens (including phenoxy) is 3. The van der Waals surface area contributed by atoms with Crippen LogP contribution in [-0.4, -0.2) is 27.3 Å². The van der Waals surface area contributed by atoms with Crippen LogP contribution in [0.5, 0.6) is 0 Å². The highest BCUT2D eigenvalue weighted by Crippen LogP contribution is 2.19. The second-order valence-electron chi connectivity index (χ2n) is 2.48. The first-order valence-electron chi connectivity index (χ1n) is 4.01. The van der Waals surface area contributed by atoms with Crippen LogP contribution in [0.25, 0.3) is 0 Å². The average molecular weight is 174 g/mol. The molecule has 3 nitrogen and oxygen atoms in total. The Morgan fingerprint density at radius 2 is 1.67 bits per heavy atom. The average Bonchev–Trinajstić information content (AvgIpc) is 2.14. The quantitative estimate of drug-likeness (QED) is 0.335. The van der Waals surface area contributed by atoms with Gasteiger partial charge in [0.15, 0.2) is 0 Å². The molecule has 0 spiro atoms. The maximum Gasteiger partial charge on any atom is 0.282 e.